The summed E-state index contributed by atoms with van der Waals surface area (Å²) in [4.78, 5) is 11.9. The van der Waals surface area contributed by atoms with Crippen LogP contribution in [0.4, 0.5) is 4.39 Å². The topological polar surface area (TPSA) is 29.1 Å². The molecule has 0 saturated carbocycles. The molecule has 1 amide bonds. The van der Waals surface area contributed by atoms with Gasteiger partial charge in [-0.1, -0.05) is 0 Å². The second kappa shape index (κ2) is 6.01. The van der Waals surface area contributed by atoms with E-state index in [1.54, 1.807) is 6.92 Å². The number of carbonyl (C=O) groups excluding carboxylic acids is 1. The van der Waals surface area contributed by atoms with E-state index >= 15 is 0 Å². The van der Waals surface area contributed by atoms with Crippen molar-refractivity contribution >= 4 is 17.5 Å². The van der Waals surface area contributed by atoms with E-state index in [-0.39, 0.29) is 23.1 Å². The molecule has 1 aromatic carbocycles. The molecule has 0 spiro atoms. The second-order valence-corrected chi connectivity index (χ2v) is 5.10. The quantitative estimate of drug-likeness (QED) is 0.824. The molecule has 94 valence electrons. The Morgan fingerprint density at radius 1 is 1.47 bits per heavy atom. The molecule has 2 unspecified atom stereocenters. The monoisotopic (exact) mass is 257 g/mol. The summed E-state index contributed by atoms with van der Waals surface area (Å²) >= 11 is 5.85. The number of carbonyl (C=O) groups is 1. The van der Waals surface area contributed by atoms with Crippen molar-refractivity contribution in [3.05, 3.63) is 35.1 Å². The third-order valence-corrected chi connectivity index (χ3v) is 2.67. The summed E-state index contributed by atoms with van der Waals surface area (Å²) in [6.45, 7) is 5.50. The number of hydrogen-bond donors (Lipinski definition) is 1. The van der Waals surface area contributed by atoms with Crippen LogP contribution in [-0.4, -0.2) is 17.3 Å². The van der Waals surface area contributed by atoms with Gasteiger partial charge in [0.15, 0.2) is 0 Å². The lowest BCUT2D eigenvalue weighted by molar-refractivity contribution is 0.0938. The molecule has 0 heterocycles. The van der Waals surface area contributed by atoms with Gasteiger partial charge in [0, 0.05) is 17.0 Å². The van der Waals surface area contributed by atoms with Crippen molar-refractivity contribution in [2.75, 3.05) is 0 Å². The normalized spacial score (nSPS) is 14.2. The number of nitrogens with one attached hydrogen (secondary N) is 1. The predicted molar refractivity (Wildman–Crippen MR) is 68.0 cm³/mol. The van der Waals surface area contributed by atoms with Gasteiger partial charge >= 0.3 is 0 Å². The van der Waals surface area contributed by atoms with E-state index in [2.05, 4.69) is 5.32 Å². The molecule has 1 N–H and O–H groups in total. The number of hydrogen-bond acceptors (Lipinski definition) is 1. The van der Waals surface area contributed by atoms with Crippen LogP contribution < -0.4 is 5.32 Å². The van der Waals surface area contributed by atoms with Gasteiger partial charge < -0.3 is 5.32 Å². The lowest BCUT2D eigenvalue weighted by Crippen LogP contribution is -2.34. The number of alkyl halides is 1. The Hall–Kier alpha value is -1.09. The lowest BCUT2D eigenvalue weighted by Gasteiger charge is -2.15. The maximum Gasteiger partial charge on any atom is 0.251 e. The molecule has 1 rings (SSSR count). The zero-order valence-corrected chi connectivity index (χ0v) is 11.0. The van der Waals surface area contributed by atoms with Crippen LogP contribution >= 0.6 is 11.6 Å². The molecular formula is C13H17ClFNO. The van der Waals surface area contributed by atoms with E-state index in [4.69, 9.17) is 11.6 Å². The van der Waals surface area contributed by atoms with Crippen LogP contribution in [0.5, 0.6) is 0 Å². The van der Waals surface area contributed by atoms with Crippen LogP contribution in [0.2, 0.25) is 0 Å². The summed E-state index contributed by atoms with van der Waals surface area (Å²) < 4.78 is 12.9. The minimum absolute atomic E-state index is 0.000506. The number of rotatable bonds is 4. The molecule has 2 atom stereocenters. The fourth-order valence-electron chi connectivity index (χ4n) is 1.73. The SMILES string of the molecule is Cc1cc(F)ccc1C(=O)NC(C)CC(C)Cl. The summed E-state index contributed by atoms with van der Waals surface area (Å²) in [5.74, 6) is -0.520. The molecule has 0 aliphatic carbocycles. The highest BCUT2D eigenvalue weighted by atomic mass is 35.5. The molecule has 2 nitrogen and oxygen atoms in total. The Kier molecular flexibility index (Phi) is 4.94. The van der Waals surface area contributed by atoms with Crippen LogP contribution in [0.15, 0.2) is 18.2 Å². The van der Waals surface area contributed by atoms with Crippen molar-refractivity contribution in [2.24, 2.45) is 0 Å². The molecular weight excluding hydrogens is 241 g/mol. The van der Waals surface area contributed by atoms with Crippen LogP contribution in [0.25, 0.3) is 0 Å². The van der Waals surface area contributed by atoms with Crippen LogP contribution in [0.1, 0.15) is 36.2 Å². The third-order valence-electron chi connectivity index (χ3n) is 2.49. The highest BCUT2D eigenvalue weighted by Gasteiger charge is 2.13. The fraction of sp³-hybridized carbons (Fsp3) is 0.462. The second-order valence-electron chi connectivity index (χ2n) is 4.35. The fourth-order valence-corrected chi connectivity index (χ4v) is 2.00. The number of benzene rings is 1. The molecule has 17 heavy (non-hydrogen) atoms. The summed E-state index contributed by atoms with van der Waals surface area (Å²) in [7, 11) is 0. The summed E-state index contributed by atoms with van der Waals surface area (Å²) in [5.41, 5.74) is 1.13. The van der Waals surface area contributed by atoms with Gasteiger partial charge in [-0.05, 0) is 51.0 Å². The highest BCUT2D eigenvalue weighted by Crippen LogP contribution is 2.11. The molecule has 0 aromatic heterocycles. The van der Waals surface area contributed by atoms with E-state index in [9.17, 15) is 9.18 Å². The van der Waals surface area contributed by atoms with Gasteiger partial charge in [0.25, 0.3) is 5.91 Å². The summed E-state index contributed by atoms with van der Waals surface area (Å²) in [6, 6.07) is 4.14. The molecule has 0 saturated heterocycles. The zero-order valence-electron chi connectivity index (χ0n) is 10.3. The first-order chi connectivity index (χ1) is 7.90. The van der Waals surface area contributed by atoms with Crippen LogP contribution in [-0.2, 0) is 0 Å². The summed E-state index contributed by atoms with van der Waals surface area (Å²) in [5, 5.41) is 2.86. The average molecular weight is 258 g/mol. The largest absolute Gasteiger partial charge is 0.350 e. The van der Waals surface area contributed by atoms with Crippen molar-refractivity contribution in [1.82, 2.24) is 5.32 Å². The maximum absolute atomic E-state index is 12.9. The predicted octanol–water partition coefficient (Wildman–Crippen LogP) is 3.27. The molecule has 0 radical (unpaired) electrons. The minimum Gasteiger partial charge on any atom is -0.350 e. The van der Waals surface area contributed by atoms with Crippen molar-refractivity contribution in [2.45, 2.75) is 38.6 Å². The Morgan fingerprint density at radius 2 is 2.12 bits per heavy atom. The molecule has 0 fully saturated rings. The van der Waals surface area contributed by atoms with Crippen LogP contribution in [0, 0.1) is 12.7 Å². The molecule has 0 aliphatic heterocycles. The van der Waals surface area contributed by atoms with Gasteiger partial charge in [-0.15, -0.1) is 11.6 Å². The van der Waals surface area contributed by atoms with E-state index in [0.29, 0.717) is 17.5 Å². The van der Waals surface area contributed by atoms with Crippen LogP contribution in [0.3, 0.4) is 0 Å². The number of aryl methyl sites for hydroxylation is 1. The van der Waals surface area contributed by atoms with Crippen molar-refractivity contribution in [3.63, 3.8) is 0 Å². The Balaban J connectivity index is 2.70. The molecule has 0 aliphatic rings. The minimum atomic E-state index is -0.332. The Morgan fingerprint density at radius 3 is 2.65 bits per heavy atom. The van der Waals surface area contributed by atoms with Gasteiger partial charge in [-0.3, -0.25) is 4.79 Å². The maximum atomic E-state index is 12.9. The van der Waals surface area contributed by atoms with Crippen molar-refractivity contribution in [1.29, 1.82) is 0 Å². The summed E-state index contributed by atoms with van der Waals surface area (Å²) in [6.07, 6.45) is 0.702. The highest BCUT2D eigenvalue weighted by molar-refractivity contribution is 6.20. The number of amides is 1. The Bertz CT molecular complexity index is 406. The van der Waals surface area contributed by atoms with Gasteiger partial charge in [-0.2, -0.15) is 0 Å². The third kappa shape index (κ3) is 4.35. The van der Waals surface area contributed by atoms with E-state index in [1.165, 1.54) is 18.2 Å². The molecule has 0 bridgehead atoms. The van der Waals surface area contributed by atoms with E-state index < -0.39 is 0 Å². The smallest absolute Gasteiger partial charge is 0.251 e. The van der Waals surface area contributed by atoms with Gasteiger partial charge in [0.05, 0.1) is 0 Å². The number of halogens is 2. The standard InChI is InChI=1S/C13H17ClFNO/c1-8-6-11(15)4-5-12(8)13(17)16-10(3)7-9(2)14/h4-6,9-10H,7H2,1-3H3,(H,16,17). The van der Waals surface area contributed by atoms with Gasteiger partial charge in [0.1, 0.15) is 5.82 Å². The first-order valence-electron chi connectivity index (χ1n) is 5.61. The van der Waals surface area contributed by atoms with Gasteiger partial charge in [0.2, 0.25) is 0 Å². The first kappa shape index (κ1) is 14.0. The van der Waals surface area contributed by atoms with E-state index in [0.717, 1.165) is 0 Å². The Labute approximate surface area is 106 Å². The first-order valence-corrected chi connectivity index (χ1v) is 6.05. The molecule has 1 aromatic rings. The van der Waals surface area contributed by atoms with Crippen molar-refractivity contribution in [3.8, 4) is 0 Å². The molecule has 4 heteroatoms. The van der Waals surface area contributed by atoms with E-state index in [1.807, 2.05) is 13.8 Å². The van der Waals surface area contributed by atoms with Crippen molar-refractivity contribution < 1.29 is 9.18 Å². The zero-order chi connectivity index (χ0) is 13.0. The van der Waals surface area contributed by atoms with Gasteiger partial charge in [-0.25, -0.2) is 4.39 Å². The lowest BCUT2D eigenvalue weighted by atomic mass is 10.1. The average Bonchev–Trinajstić information content (AvgIpc) is 2.15.